The molecule has 0 saturated heterocycles. The van der Waals surface area contributed by atoms with Gasteiger partial charge >= 0.3 is 0 Å². The van der Waals surface area contributed by atoms with Gasteiger partial charge in [0.25, 0.3) is 0 Å². The number of furan rings is 1. The van der Waals surface area contributed by atoms with Crippen molar-refractivity contribution in [3.05, 3.63) is 185 Å². The molecule has 10 aromatic rings. The first-order chi connectivity index (χ1) is 30.2. The number of anilines is 3. The number of hydrogen-bond acceptors (Lipinski definition) is 3. The first-order valence-corrected chi connectivity index (χ1v) is 23.3. The van der Waals surface area contributed by atoms with Gasteiger partial charge in [0.2, 0.25) is 0 Å². The summed E-state index contributed by atoms with van der Waals surface area (Å²) in [6.45, 7) is 18.9. The predicted molar refractivity (Wildman–Crippen MR) is 270 cm³/mol. The lowest BCUT2D eigenvalue weighted by atomic mass is 9.79. The monoisotopic (exact) mass is 833 g/mol. The van der Waals surface area contributed by atoms with Crippen LogP contribution in [0.1, 0.15) is 81.3 Å². The van der Waals surface area contributed by atoms with E-state index in [0.717, 1.165) is 39.0 Å². The minimum absolute atomic E-state index is 0.0437. The Kier molecular flexibility index (Phi) is 8.08. The summed E-state index contributed by atoms with van der Waals surface area (Å²) in [4.78, 5) is 2.40. The molecule has 12 rings (SSSR count). The molecule has 3 heteroatoms. The molecule has 2 aliphatic rings. The van der Waals surface area contributed by atoms with Gasteiger partial charge in [0.1, 0.15) is 11.2 Å². The highest BCUT2D eigenvalue weighted by Gasteiger charge is 2.45. The largest absolute Gasteiger partial charge is 0.456 e. The maximum absolute atomic E-state index is 6.28. The van der Waals surface area contributed by atoms with Crippen molar-refractivity contribution >= 4 is 70.5 Å². The minimum atomic E-state index is -0.0437. The Hall–Kier alpha value is -6.42. The highest BCUT2D eigenvalue weighted by Crippen LogP contribution is 2.56. The topological polar surface area (TPSA) is 16.4 Å². The molecule has 0 aliphatic heterocycles. The van der Waals surface area contributed by atoms with Crippen molar-refractivity contribution < 1.29 is 4.42 Å². The maximum Gasteiger partial charge on any atom is 0.135 e. The summed E-state index contributed by atoms with van der Waals surface area (Å²) in [5.41, 5.74) is 21.7. The summed E-state index contributed by atoms with van der Waals surface area (Å²) < 4.78 is 8.92. The van der Waals surface area contributed by atoms with Gasteiger partial charge in [-0.3, -0.25) is 0 Å². The van der Waals surface area contributed by atoms with E-state index >= 15 is 0 Å². The van der Waals surface area contributed by atoms with Crippen LogP contribution < -0.4 is 4.90 Å². The Labute approximate surface area is 374 Å². The second kappa shape index (κ2) is 13.3. The summed E-state index contributed by atoms with van der Waals surface area (Å²) in [6, 6.07) is 57.1. The number of fused-ring (bicyclic) bond motifs is 10. The lowest BCUT2D eigenvalue weighted by Gasteiger charge is -2.26. The van der Waals surface area contributed by atoms with Crippen LogP contribution >= 0.6 is 11.3 Å². The molecule has 0 bridgehead atoms. The molecule has 0 radical (unpaired) electrons. The Bertz CT molecular complexity index is 3540. The fraction of sp³-hybridized carbons (Fsp3) is 0.200. The standard InChI is InChI=1S/C60H51NOS/c1-35-26-48-49-31-43(22-25-56(49)63-57(48)27-36(35)2)61(42-21-24-55-47(30-42)44-14-9-10-15-54(44)62-55)41-19-16-37(17-20-41)38-12-11-13-39(28-38)40-18-23-50-45(29-40)46-32-52-53(33-51(46)60(50,7)8)59(5,6)34-58(52,3)4/h9-33H,34H2,1-8H3. The highest BCUT2D eigenvalue weighted by molar-refractivity contribution is 7.25. The Morgan fingerprint density at radius 3 is 1.83 bits per heavy atom. The molecular weight excluding hydrogens is 783 g/mol. The SMILES string of the molecule is Cc1cc2sc3ccc(N(c4ccc(-c5cccc(-c6ccc7c(c6)-c6cc8c(cc6C7(C)C)C(C)(C)CC8(C)C)c5)cc4)c4ccc5oc6ccccc6c5c4)cc3c2cc1C. The zero-order valence-corrected chi connectivity index (χ0v) is 38.2. The molecule has 2 heterocycles. The van der Waals surface area contributed by atoms with Gasteiger partial charge in [0.15, 0.2) is 0 Å². The third-order valence-corrected chi connectivity index (χ3v) is 15.9. The second-order valence-corrected chi connectivity index (χ2v) is 21.3. The van der Waals surface area contributed by atoms with E-state index in [1.54, 1.807) is 0 Å². The summed E-state index contributed by atoms with van der Waals surface area (Å²) in [5.74, 6) is 0. The van der Waals surface area contributed by atoms with Crippen molar-refractivity contribution in [2.24, 2.45) is 0 Å². The van der Waals surface area contributed by atoms with Crippen molar-refractivity contribution in [1.82, 2.24) is 0 Å². The number of thiophene rings is 1. The van der Waals surface area contributed by atoms with E-state index < -0.39 is 0 Å². The summed E-state index contributed by atoms with van der Waals surface area (Å²) in [6.07, 6.45) is 1.18. The molecule has 63 heavy (non-hydrogen) atoms. The Balaban J connectivity index is 0.935. The molecule has 0 atom stereocenters. The zero-order valence-electron chi connectivity index (χ0n) is 37.4. The van der Waals surface area contributed by atoms with Crippen molar-refractivity contribution in [2.75, 3.05) is 4.90 Å². The van der Waals surface area contributed by atoms with Crippen molar-refractivity contribution in [3.63, 3.8) is 0 Å². The van der Waals surface area contributed by atoms with E-state index in [9.17, 15) is 0 Å². The van der Waals surface area contributed by atoms with Gasteiger partial charge in [0, 0.05) is 53.4 Å². The summed E-state index contributed by atoms with van der Waals surface area (Å²) in [5, 5.41) is 4.85. The van der Waals surface area contributed by atoms with Crippen LogP contribution in [0.15, 0.2) is 156 Å². The number of para-hydroxylation sites is 1. The van der Waals surface area contributed by atoms with Crippen LogP contribution in [-0.4, -0.2) is 0 Å². The molecular formula is C60H51NOS. The van der Waals surface area contributed by atoms with E-state index in [2.05, 4.69) is 206 Å². The lowest BCUT2D eigenvalue weighted by Crippen LogP contribution is -2.18. The molecule has 308 valence electrons. The molecule has 0 fully saturated rings. The third kappa shape index (κ3) is 5.82. The van der Waals surface area contributed by atoms with E-state index in [4.69, 9.17) is 4.42 Å². The first-order valence-electron chi connectivity index (χ1n) is 22.4. The number of aryl methyl sites for hydroxylation is 2. The summed E-state index contributed by atoms with van der Waals surface area (Å²) in [7, 11) is 0. The molecule has 0 N–H and O–H groups in total. The van der Waals surface area contributed by atoms with Crippen LogP contribution in [0.5, 0.6) is 0 Å². The quantitative estimate of drug-likeness (QED) is 0.172. The third-order valence-electron chi connectivity index (χ3n) is 14.8. The molecule has 2 aromatic heterocycles. The second-order valence-electron chi connectivity index (χ2n) is 20.2. The molecule has 0 amide bonds. The molecule has 2 nitrogen and oxygen atoms in total. The van der Waals surface area contributed by atoms with Gasteiger partial charge in [-0.25, -0.2) is 0 Å². The van der Waals surface area contributed by atoms with E-state index in [1.165, 1.54) is 93.4 Å². The van der Waals surface area contributed by atoms with E-state index in [1.807, 2.05) is 17.4 Å². The van der Waals surface area contributed by atoms with Crippen LogP contribution in [0.3, 0.4) is 0 Å². The smallest absolute Gasteiger partial charge is 0.135 e. The molecule has 8 aromatic carbocycles. The fourth-order valence-electron chi connectivity index (χ4n) is 11.5. The number of hydrogen-bond donors (Lipinski definition) is 0. The minimum Gasteiger partial charge on any atom is -0.456 e. The number of rotatable bonds is 5. The van der Waals surface area contributed by atoms with E-state index in [0.29, 0.717) is 0 Å². The average Bonchev–Trinajstić information content (AvgIpc) is 3.94. The van der Waals surface area contributed by atoms with Crippen LogP contribution in [0.2, 0.25) is 0 Å². The average molecular weight is 834 g/mol. The van der Waals surface area contributed by atoms with Crippen LogP contribution in [0.4, 0.5) is 17.1 Å². The van der Waals surface area contributed by atoms with Gasteiger partial charge in [-0.05, 0) is 183 Å². The molecule has 0 spiro atoms. The van der Waals surface area contributed by atoms with Crippen molar-refractivity contribution in [2.45, 2.75) is 78.1 Å². The zero-order chi connectivity index (χ0) is 43.2. The summed E-state index contributed by atoms with van der Waals surface area (Å²) >= 11 is 1.88. The van der Waals surface area contributed by atoms with Crippen LogP contribution in [0.25, 0.3) is 75.5 Å². The molecule has 2 aliphatic carbocycles. The molecule has 0 unspecified atom stereocenters. The fourth-order valence-corrected chi connectivity index (χ4v) is 12.7. The van der Waals surface area contributed by atoms with Gasteiger partial charge in [-0.1, -0.05) is 108 Å². The Morgan fingerprint density at radius 2 is 1.03 bits per heavy atom. The van der Waals surface area contributed by atoms with Crippen molar-refractivity contribution in [1.29, 1.82) is 0 Å². The normalized spacial score (nSPS) is 15.6. The van der Waals surface area contributed by atoms with Gasteiger partial charge in [-0.15, -0.1) is 11.3 Å². The maximum atomic E-state index is 6.28. The first kappa shape index (κ1) is 38.3. The predicted octanol–water partition coefficient (Wildman–Crippen LogP) is 17.6. The lowest BCUT2D eigenvalue weighted by molar-refractivity contribution is 0.403. The Morgan fingerprint density at radius 1 is 0.429 bits per heavy atom. The highest BCUT2D eigenvalue weighted by atomic mass is 32.1. The molecule has 0 saturated carbocycles. The van der Waals surface area contributed by atoms with Gasteiger partial charge in [0.05, 0.1) is 0 Å². The van der Waals surface area contributed by atoms with Gasteiger partial charge < -0.3 is 9.32 Å². The number of nitrogens with zero attached hydrogens (tertiary/aromatic N) is 1. The number of benzene rings is 8. The van der Waals surface area contributed by atoms with E-state index in [-0.39, 0.29) is 16.2 Å². The van der Waals surface area contributed by atoms with Crippen LogP contribution in [0, 0.1) is 13.8 Å². The van der Waals surface area contributed by atoms with Gasteiger partial charge in [-0.2, -0.15) is 0 Å². The van der Waals surface area contributed by atoms with Crippen molar-refractivity contribution in [3.8, 4) is 33.4 Å². The van der Waals surface area contributed by atoms with Crippen LogP contribution in [-0.2, 0) is 16.2 Å².